The first-order valence-electron chi connectivity index (χ1n) is 7.90. The van der Waals surface area contributed by atoms with Crippen LogP contribution in [0.2, 0.25) is 0 Å². The number of amides is 2. The summed E-state index contributed by atoms with van der Waals surface area (Å²) < 4.78 is 0. The molecular formula is C15H28ClN3O2. The van der Waals surface area contributed by atoms with Gasteiger partial charge < -0.3 is 16.0 Å². The number of likely N-dealkylation sites (tertiary alicyclic amines) is 1. The Bertz CT molecular complexity index is 351. The number of halogens is 1. The second-order valence-corrected chi connectivity index (χ2v) is 6.31. The molecule has 0 bridgehead atoms. The third-order valence-corrected chi connectivity index (χ3v) is 4.49. The number of hydrogen-bond donors (Lipinski definition) is 2. The molecule has 1 saturated heterocycles. The van der Waals surface area contributed by atoms with Crippen LogP contribution in [-0.4, -0.2) is 41.9 Å². The normalized spacial score (nSPS) is 21.7. The monoisotopic (exact) mass is 317 g/mol. The summed E-state index contributed by atoms with van der Waals surface area (Å²) in [6.45, 7) is 3.42. The van der Waals surface area contributed by atoms with Crippen molar-refractivity contribution in [1.29, 1.82) is 0 Å². The molecule has 2 amide bonds. The lowest BCUT2D eigenvalue weighted by molar-refractivity contribution is -0.133. The van der Waals surface area contributed by atoms with Crippen LogP contribution in [0.4, 0.5) is 0 Å². The highest BCUT2D eigenvalue weighted by molar-refractivity contribution is 5.85. The molecule has 2 fully saturated rings. The molecule has 0 aromatic heterocycles. The molecule has 2 aliphatic rings. The lowest BCUT2D eigenvalue weighted by Gasteiger charge is -2.31. The van der Waals surface area contributed by atoms with Gasteiger partial charge in [-0.3, -0.25) is 9.59 Å². The van der Waals surface area contributed by atoms with Crippen molar-refractivity contribution >= 4 is 24.2 Å². The van der Waals surface area contributed by atoms with Crippen LogP contribution in [0.25, 0.3) is 0 Å². The van der Waals surface area contributed by atoms with Gasteiger partial charge in [0.2, 0.25) is 11.8 Å². The van der Waals surface area contributed by atoms with Gasteiger partial charge in [0.25, 0.3) is 0 Å². The van der Waals surface area contributed by atoms with Crippen LogP contribution in [0.1, 0.15) is 51.9 Å². The van der Waals surface area contributed by atoms with E-state index in [-0.39, 0.29) is 42.2 Å². The zero-order valence-electron chi connectivity index (χ0n) is 12.8. The van der Waals surface area contributed by atoms with Crippen molar-refractivity contribution in [2.75, 3.05) is 13.1 Å². The van der Waals surface area contributed by atoms with Crippen LogP contribution < -0.4 is 11.1 Å². The van der Waals surface area contributed by atoms with Crippen molar-refractivity contribution in [3.8, 4) is 0 Å². The van der Waals surface area contributed by atoms with Crippen LogP contribution in [0, 0.1) is 5.92 Å². The van der Waals surface area contributed by atoms with E-state index in [1.54, 1.807) is 0 Å². The first-order chi connectivity index (χ1) is 9.56. The Morgan fingerprint density at radius 2 is 1.76 bits per heavy atom. The van der Waals surface area contributed by atoms with Crippen LogP contribution in [-0.2, 0) is 9.59 Å². The van der Waals surface area contributed by atoms with Crippen molar-refractivity contribution in [2.24, 2.45) is 11.7 Å². The van der Waals surface area contributed by atoms with E-state index in [1.165, 1.54) is 0 Å². The van der Waals surface area contributed by atoms with Gasteiger partial charge in [-0.1, -0.05) is 12.8 Å². The Hall–Kier alpha value is -0.810. The summed E-state index contributed by atoms with van der Waals surface area (Å²) in [7, 11) is 0. The van der Waals surface area contributed by atoms with Crippen LogP contribution in [0.5, 0.6) is 0 Å². The van der Waals surface area contributed by atoms with Gasteiger partial charge in [0.15, 0.2) is 0 Å². The summed E-state index contributed by atoms with van der Waals surface area (Å²) >= 11 is 0. The highest BCUT2D eigenvalue weighted by atomic mass is 35.5. The summed E-state index contributed by atoms with van der Waals surface area (Å²) in [4.78, 5) is 26.0. The van der Waals surface area contributed by atoms with Gasteiger partial charge in [-0.25, -0.2) is 0 Å². The molecule has 122 valence electrons. The number of nitrogens with one attached hydrogen (secondary N) is 1. The number of hydrogen-bond acceptors (Lipinski definition) is 3. The average Bonchev–Trinajstić information content (AvgIpc) is 2.93. The van der Waals surface area contributed by atoms with Gasteiger partial charge in [-0.2, -0.15) is 0 Å². The number of rotatable bonds is 4. The maximum atomic E-state index is 12.2. The van der Waals surface area contributed by atoms with Crippen molar-refractivity contribution < 1.29 is 9.59 Å². The average molecular weight is 318 g/mol. The Morgan fingerprint density at radius 1 is 1.19 bits per heavy atom. The molecule has 1 unspecified atom stereocenters. The third kappa shape index (κ3) is 5.47. The third-order valence-electron chi connectivity index (χ3n) is 4.49. The topological polar surface area (TPSA) is 75.4 Å². The van der Waals surface area contributed by atoms with E-state index in [0.29, 0.717) is 6.42 Å². The molecule has 1 aliphatic heterocycles. The molecule has 1 saturated carbocycles. The van der Waals surface area contributed by atoms with Gasteiger partial charge in [0.05, 0.1) is 0 Å². The molecule has 1 aliphatic carbocycles. The number of nitrogens with two attached hydrogens (primary N) is 1. The minimum absolute atomic E-state index is 0. The van der Waals surface area contributed by atoms with Crippen LogP contribution in [0.3, 0.4) is 0 Å². The maximum Gasteiger partial charge on any atom is 0.224 e. The lowest BCUT2D eigenvalue weighted by atomic mass is 10.0. The zero-order chi connectivity index (χ0) is 14.5. The second-order valence-electron chi connectivity index (χ2n) is 6.31. The van der Waals surface area contributed by atoms with Crippen LogP contribution in [0.15, 0.2) is 0 Å². The van der Waals surface area contributed by atoms with Crippen molar-refractivity contribution in [3.63, 3.8) is 0 Å². The molecule has 0 aromatic carbocycles. The first-order valence-corrected chi connectivity index (χ1v) is 7.90. The van der Waals surface area contributed by atoms with E-state index in [9.17, 15) is 9.59 Å². The Labute approximate surface area is 133 Å². The second kappa shape index (κ2) is 8.59. The summed E-state index contributed by atoms with van der Waals surface area (Å²) in [6.07, 6.45) is 6.46. The molecule has 2 rings (SSSR count). The molecule has 3 N–H and O–H groups in total. The van der Waals surface area contributed by atoms with Crippen molar-refractivity contribution in [2.45, 2.75) is 64.0 Å². The van der Waals surface area contributed by atoms with E-state index in [0.717, 1.165) is 51.6 Å². The van der Waals surface area contributed by atoms with Crippen molar-refractivity contribution in [1.82, 2.24) is 10.2 Å². The molecule has 5 nitrogen and oxygen atoms in total. The fraction of sp³-hybridized carbons (Fsp3) is 0.867. The first kappa shape index (κ1) is 18.2. The number of piperidine rings is 1. The highest BCUT2D eigenvalue weighted by Crippen LogP contribution is 2.24. The SMILES string of the molecule is CC(CC(=O)N1CCC(N)CC1)NC(=O)C1CCCC1.Cl. The van der Waals surface area contributed by atoms with E-state index in [1.807, 2.05) is 11.8 Å². The maximum absolute atomic E-state index is 12.2. The number of nitrogens with zero attached hydrogens (tertiary/aromatic N) is 1. The minimum Gasteiger partial charge on any atom is -0.353 e. The molecule has 6 heteroatoms. The highest BCUT2D eigenvalue weighted by Gasteiger charge is 2.26. The molecule has 1 atom stereocenters. The number of carbonyl (C=O) groups is 2. The van der Waals surface area contributed by atoms with E-state index < -0.39 is 0 Å². The molecule has 1 heterocycles. The van der Waals surface area contributed by atoms with Gasteiger partial charge >= 0.3 is 0 Å². The predicted octanol–water partition coefficient (Wildman–Crippen LogP) is 1.44. The molecule has 21 heavy (non-hydrogen) atoms. The standard InChI is InChI=1S/C15H27N3O2.ClH/c1-11(17-15(20)12-4-2-3-5-12)10-14(19)18-8-6-13(16)7-9-18;/h11-13H,2-10,16H2,1H3,(H,17,20);1H. The number of carbonyl (C=O) groups excluding carboxylic acids is 2. The zero-order valence-corrected chi connectivity index (χ0v) is 13.7. The Kier molecular flexibility index (Phi) is 7.46. The van der Waals surface area contributed by atoms with Crippen LogP contribution >= 0.6 is 12.4 Å². The van der Waals surface area contributed by atoms with Gasteiger partial charge in [0, 0.05) is 37.5 Å². The van der Waals surface area contributed by atoms with E-state index in [2.05, 4.69) is 5.32 Å². The Balaban J connectivity index is 0.00000220. The van der Waals surface area contributed by atoms with Gasteiger partial charge in [-0.05, 0) is 32.6 Å². The molecule has 0 radical (unpaired) electrons. The fourth-order valence-corrected chi connectivity index (χ4v) is 3.14. The van der Waals surface area contributed by atoms with Gasteiger partial charge in [0.1, 0.15) is 0 Å². The van der Waals surface area contributed by atoms with Crippen molar-refractivity contribution in [3.05, 3.63) is 0 Å². The summed E-state index contributed by atoms with van der Waals surface area (Å²) in [6, 6.07) is 0.157. The van der Waals surface area contributed by atoms with Gasteiger partial charge in [-0.15, -0.1) is 12.4 Å². The predicted molar refractivity (Wildman–Crippen MR) is 85.2 cm³/mol. The smallest absolute Gasteiger partial charge is 0.224 e. The van der Waals surface area contributed by atoms with E-state index in [4.69, 9.17) is 5.73 Å². The molecule has 0 spiro atoms. The molecular weight excluding hydrogens is 290 g/mol. The lowest BCUT2D eigenvalue weighted by Crippen LogP contribution is -2.45. The summed E-state index contributed by atoms with van der Waals surface area (Å²) in [5.41, 5.74) is 5.84. The minimum atomic E-state index is -0.0776. The summed E-state index contributed by atoms with van der Waals surface area (Å²) in [5, 5.41) is 2.99. The summed E-state index contributed by atoms with van der Waals surface area (Å²) in [5.74, 6) is 0.431. The van der Waals surface area contributed by atoms with E-state index >= 15 is 0 Å². The quantitative estimate of drug-likeness (QED) is 0.824. The molecule has 0 aromatic rings. The fourth-order valence-electron chi connectivity index (χ4n) is 3.14. The Morgan fingerprint density at radius 3 is 2.33 bits per heavy atom. The largest absolute Gasteiger partial charge is 0.353 e.